The lowest BCUT2D eigenvalue weighted by molar-refractivity contribution is -0.125. The Labute approximate surface area is 161 Å². The second kappa shape index (κ2) is 8.40. The molecule has 6 nitrogen and oxygen atoms in total. The number of ether oxygens (including phenoxy) is 1. The van der Waals surface area contributed by atoms with Crippen LogP contribution in [0.2, 0.25) is 0 Å². The highest BCUT2D eigenvalue weighted by Crippen LogP contribution is 2.39. The van der Waals surface area contributed by atoms with Gasteiger partial charge in [0.2, 0.25) is 11.8 Å². The van der Waals surface area contributed by atoms with Crippen molar-refractivity contribution in [2.24, 2.45) is 11.8 Å². The molecule has 1 aliphatic carbocycles. The first-order valence-electron chi connectivity index (χ1n) is 9.84. The van der Waals surface area contributed by atoms with Crippen LogP contribution in [0.15, 0.2) is 24.3 Å². The van der Waals surface area contributed by atoms with Gasteiger partial charge in [-0.3, -0.25) is 14.5 Å². The van der Waals surface area contributed by atoms with Gasteiger partial charge in [0.15, 0.2) is 0 Å². The molecular formula is C21H31N3O3. The topological polar surface area (TPSA) is 70.7 Å². The third-order valence-corrected chi connectivity index (χ3v) is 5.31. The van der Waals surface area contributed by atoms with E-state index in [1.807, 2.05) is 24.3 Å². The lowest BCUT2D eigenvalue weighted by atomic mass is 9.87. The molecule has 2 fully saturated rings. The van der Waals surface area contributed by atoms with E-state index in [2.05, 4.69) is 36.3 Å². The average molecular weight is 373 g/mol. The van der Waals surface area contributed by atoms with Gasteiger partial charge in [-0.2, -0.15) is 0 Å². The molecule has 1 saturated heterocycles. The highest BCUT2D eigenvalue weighted by atomic mass is 16.5. The third kappa shape index (κ3) is 5.53. The van der Waals surface area contributed by atoms with Gasteiger partial charge in [0, 0.05) is 31.9 Å². The van der Waals surface area contributed by atoms with Gasteiger partial charge in [0.25, 0.3) is 0 Å². The predicted molar refractivity (Wildman–Crippen MR) is 106 cm³/mol. The normalized spacial score (nSPS) is 22.9. The molecule has 0 spiro atoms. The molecule has 2 atom stereocenters. The Morgan fingerprint density at radius 1 is 1.07 bits per heavy atom. The van der Waals surface area contributed by atoms with Gasteiger partial charge < -0.3 is 15.4 Å². The minimum atomic E-state index is -0.212. The van der Waals surface area contributed by atoms with Gasteiger partial charge >= 0.3 is 0 Å². The van der Waals surface area contributed by atoms with Crippen molar-refractivity contribution in [3.05, 3.63) is 29.8 Å². The Bertz CT molecular complexity index is 660. The molecule has 6 heteroatoms. The highest BCUT2D eigenvalue weighted by Gasteiger charge is 2.47. The maximum absolute atomic E-state index is 12.4. The Morgan fingerprint density at radius 3 is 2.33 bits per heavy atom. The van der Waals surface area contributed by atoms with Crippen LogP contribution in [0.5, 0.6) is 0 Å². The smallest absolute Gasteiger partial charge is 0.228 e. The second-order valence-corrected chi connectivity index (χ2v) is 8.51. The van der Waals surface area contributed by atoms with Crippen LogP contribution in [-0.2, 0) is 19.7 Å². The van der Waals surface area contributed by atoms with Crippen molar-refractivity contribution in [2.45, 2.75) is 32.6 Å². The Balaban J connectivity index is 1.39. The lowest BCUT2D eigenvalue weighted by Crippen LogP contribution is -2.41. The molecule has 2 unspecified atom stereocenters. The number of nitrogens with one attached hydrogen (secondary N) is 2. The summed E-state index contributed by atoms with van der Waals surface area (Å²) in [6, 6.07) is 7.94. The van der Waals surface area contributed by atoms with E-state index in [9.17, 15) is 9.59 Å². The summed E-state index contributed by atoms with van der Waals surface area (Å²) in [5.41, 5.74) is 2.10. The number of rotatable bonds is 6. The van der Waals surface area contributed by atoms with E-state index < -0.39 is 0 Å². The van der Waals surface area contributed by atoms with Crippen molar-refractivity contribution in [3.63, 3.8) is 0 Å². The van der Waals surface area contributed by atoms with Crippen LogP contribution in [-0.4, -0.2) is 56.1 Å². The number of anilines is 1. The summed E-state index contributed by atoms with van der Waals surface area (Å²) in [5, 5.41) is 5.90. The van der Waals surface area contributed by atoms with Crippen molar-refractivity contribution in [3.8, 4) is 0 Å². The van der Waals surface area contributed by atoms with Crippen molar-refractivity contribution in [1.29, 1.82) is 0 Å². The second-order valence-electron chi connectivity index (χ2n) is 8.51. The summed E-state index contributed by atoms with van der Waals surface area (Å²) in [5.74, 6) is -0.474. The van der Waals surface area contributed by atoms with Crippen molar-refractivity contribution >= 4 is 17.5 Å². The fourth-order valence-corrected chi connectivity index (χ4v) is 3.36. The summed E-state index contributed by atoms with van der Waals surface area (Å²) >= 11 is 0. The van der Waals surface area contributed by atoms with Crippen LogP contribution >= 0.6 is 0 Å². The molecule has 1 saturated carbocycles. The van der Waals surface area contributed by atoms with Gasteiger partial charge in [-0.05, 0) is 29.5 Å². The lowest BCUT2D eigenvalue weighted by Gasteiger charge is -2.26. The molecule has 2 N–H and O–H groups in total. The molecule has 2 amide bonds. The summed E-state index contributed by atoms with van der Waals surface area (Å²) in [6.45, 7) is 11.3. The molecule has 0 bridgehead atoms. The van der Waals surface area contributed by atoms with Crippen LogP contribution < -0.4 is 10.6 Å². The number of hydrogen-bond donors (Lipinski definition) is 2. The molecule has 3 rings (SSSR count). The van der Waals surface area contributed by atoms with Gasteiger partial charge in [0.1, 0.15) is 0 Å². The predicted octanol–water partition coefficient (Wildman–Crippen LogP) is 2.01. The van der Waals surface area contributed by atoms with Gasteiger partial charge in [-0.15, -0.1) is 0 Å². The Morgan fingerprint density at radius 2 is 1.70 bits per heavy atom. The van der Waals surface area contributed by atoms with E-state index in [0.717, 1.165) is 38.5 Å². The average Bonchev–Trinajstić information content (AvgIpc) is 3.43. The summed E-state index contributed by atoms with van der Waals surface area (Å²) in [7, 11) is 0. The minimum absolute atomic E-state index is 0.00788. The van der Waals surface area contributed by atoms with Gasteiger partial charge in [-0.25, -0.2) is 0 Å². The van der Waals surface area contributed by atoms with Crippen molar-refractivity contribution in [1.82, 2.24) is 10.2 Å². The van der Waals surface area contributed by atoms with Crippen LogP contribution in [0.3, 0.4) is 0 Å². The standard InChI is InChI=1S/C21H31N3O3/c1-21(2,3)15-4-6-16(7-5-15)23-20(26)18-14-17(18)19(25)22-8-9-24-10-12-27-13-11-24/h4-7,17-18H,8-14H2,1-3H3,(H,22,25)(H,23,26). The molecule has 27 heavy (non-hydrogen) atoms. The zero-order valence-corrected chi connectivity index (χ0v) is 16.6. The zero-order valence-electron chi connectivity index (χ0n) is 16.6. The largest absolute Gasteiger partial charge is 0.379 e. The van der Waals surface area contributed by atoms with Crippen LogP contribution in [0.25, 0.3) is 0 Å². The molecule has 1 heterocycles. The molecular weight excluding hydrogens is 342 g/mol. The van der Waals surface area contributed by atoms with Crippen LogP contribution in [0.4, 0.5) is 5.69 Å². The van der Waals surface area contributed by atoms with Gasteiger partial charge in [0.05, 0.1) is 25.0 Å². The maximum atomic E-state index is 12.4. The summed E-state index contributed by atoms with van der Waals surface area (Å²) in [4.78, 5) is 26.9. The van der Waals surface area contributed by atoms with E-state index in [-0.39, 0.29) is 29.1 Å². The number of carbonyl (C=O) groups is 2. The number of nitrogens with zero attached hydrogens (tertiary/aromatic N) is 1. The third-order valence-electron chi connectivity index (χ3n) is 5.31. The highest BCUT2D eigenvalue weighted by molar-refractivity contribution is 5.99. The van der Waals surface area contributed by atoms with E-state index in [1.54, 1.807) is 0 Å². The number of morpholine rings is 1. The molecule has 2 aliphatic rings. The number of hydrogen-bond acceptors (Lipinski definition) is 4. The van der Waals surface area contributed by atoms with Crippen LogP contribution in [0.1, 0.15) is 32.8 Å². The van der Waals surface area contributed by atoms with E-state index >= 15 is 0 Å². The number of benzene rings is 1. The number of amides is 2. The Hall–Kier alpha value is -1.92. The monoisotopic (exact) mass is 373 g/mol. The molecule has 148 valence electrons. The Kier molecular flexibility index (Phi) is 6.17. The molecule has 1 aromatic rings. The first-order valence-corrected chi connectivity index (χ1v) is 9.84. The van der Waals surface area contributed by atoms with E-state index in [4.69, 9.17) is 4.74 Å². The fraction of sp³-hybridized carbons (Fsp3) is 0.619. The number of carbonyl (C=O) groups excluding carboxylic acids is 2. The summed E-state index contributed by atoms with van der Waals surface area (Å²) < 4.78 is 5.31. The van der Waals surface area contributed by atoms with E-state index in [0.29, 0.717) is 13.0 Å². The maximum Gasteiger partial charge on any atom is 0.228 e. The van der Waals surface area contributed by atoms with Crippen molar-refractivity contribution < 1.29 is 14.3 Å². The quantitative estimate of drug-likeness (QED) is 0.800. The summed E-state index contributed by atoms with van der Waals surface area (Å²) in [6.07, 6.45) is 0.634. The first kappa shape index (κ1) is 19.8. The SMILES string of the molecule is CC(C)(C)c1ccc(NC(=O)C2CC2C(=O)NCCN2CCOCC2)cc1. The van der Waals surface area contributed by atoms with E-state index in [1.165, 1.54) is 5.56 Å². The zero-order chi connectivity index (χ0) is 19.4. The van der Waals surface area contributed by atoms with Crippen LogP contribution in [0, 0.1) is 11.8 Å². The molecule has 0 radical (unpaired) electrons. The first-order chi connectivity index (χ1) is 12.8. The molecule has 1 aromatic carbocycles. The fourth-order valence-electron chi connectivity index (χ4n) is 3.36. The molecule has 0 aromatic heterocycles. The van der Waals surface area contributed by atoms with Crippen molar-refractivity contribution in [2.75, 3.05) is 44.7 Å². The molecule has 1 aliphatic heterocycles. The minimum Gasteiger partial charge on any atom is -0.379 e. The van der Waals surface area contributed by atoms with Gasteiger partial charge in [-0.1, -0.05) is 32.9 Å².